The summed E-state index contributed by atoms with van der Waals surface area (Å²) in [7, 11) is 3.98. The summed E-state index contributed by atoms with van der Waals surface area (Å²) in [6.07, 6.45) is 6.46. The third-order valence-electron chi connectivity index (χ3n) is 3.97. The van der Waals surface area contributed by atoms with E-state index in [4.69, 9.17) is 0 Å². The van der Waals surface area contributed by atoms with Gasteiger partial charge in [0, 0.05) is 25.8 Å². The van der Waals surface area contributed by atoms with Crippen molar-refractivity contribution in [2.75, 3.05) is 32.5 Å². The lowest BCUT2D eigenvalue weighted by molar-refractivity contribution is 0.0945. The van der Waals surface area contributed by atoms with Crippen molar-refractivity contribution in [2.24, 2.45) is 0 Å². The van der Waals surface area contributed by atoms with Crippen LogP contribution in [0.4, 0.5) is 5.82 Å². The summed E-state index contributed by atoms with van der Waals surface area (Å²) < 4.78 is 0. The summed E-state index contributed by atoms with van der Waals surface area (Å²) in [6.45, 7) is 1.90. The molecule has 0 saturated carbocycles. The van der Waals surface area contributed by atoms with Crippen LogP contribution in [0.25, 0.3) is 0 Å². The second-order valence-corrected chi connectivity index (χ2v) is 5.36. The number of hydrogen-bond acceptors (Lipinski definition) is 4. The molecule has 1 fully saturated rings. The zero-order valence-corrected chi connectivity index (χ0v) is 12.4. The molecule has 110 valence electrons. The molecule has 2 rings (SSSR count). The van der Waals surface area contributed by atoms with Crippen molar-refractivity contribution in [1.82, 2.24) is 15.2 Å². The first-order valence-electron chi connectivity index (χ1n) is 7.33. The number of carbonyl (C=O) groups excluding carboxylic acids is 1. The minimum atomic E-state index is -0.0429. The van der Waals surface area contributed by atoms with Gasteiger partial charge in [0.15, 0.2) is 0 Å². The van der Waals surface area contributed by atoms with E-state index in [-0.39, 0.29) is 5.91 Å². The Balaban J connectivity index is 1.76. The fourth-order valence-corrected chi connectivity index (χ4v) is 2.64. The van der Waals surface area contributed by atoms with Crippen LogP contribution in [0.3, 0.4) is 0 Å². The van der Waals surface area contributed by atoms with Gasteiger partial charge in [0.2, 0.25) is 0 Å². The average molecular weight is 276 g/mol. The highest BCUT2D eigenvalue weighted by Crippen LogP contribution is 2.17. The molecule has 2 heterocycles. The van der Waals surface area contributed by atoms with Crippen LogP contribution in [0.15, 0.2) is 18.3 Å². The number of rotatable bonds is 5. The number of hydrogen-bond donors (Lipinski definition) is 2. The van der Waals surface area contributed by atoms with Crippen LogP contribution < -0.4 is 10.6 Å². The predicted molar refractivity (Wildman–Crippen MR) is 81.0 cm³/mol. The van der Waals surface area contributed by atoms with Gasteiger partial charge in [0.05, 0.1) is 5.56 Å². The summed E-state index contributed by atoms with van der Waals surface area (Å²) in [5.41, 5.74) is 0.612. The van der Waals surface area contributed by atoms with Gasteiger partial charge in [0.25, 0.3) is 5.91 Å². The van der Waals surface area contributed by atoms with Gasteiger partial charge in [-0.3, -0.25) is 4.79 Å². The maximum atomic E-state index is 12.0. The number of nitrogens with one attached hydrogen (secondary N) is 2. The van der Waals surface area contributed by atoms with Crippen LogP contribution >= 0.6 is 0 Å². The largest absolute Gasteiger partial charge is 0.373 e. The second kappa shape index (κ2) is 7.24. The molecule has 1 aromatic rings. The standard InChI is InChI=1S/C15H24N4O/c1-16-14-7-6-12(11-18-14)15(20)17-9-8-13-5-3-4-10-19(13)2/h6-7,11,13H,3-5,8-10H2,1-2H3,(H,16,18)(H,17,20)/t13-/m1/s1. The van der Waals surface area contributed by atoms with E-state index >= 15 is 0 Å². The van der Waals surface area contributed by atoms with Crippen LogP contribution in [-0.4, -0.2) is 49.0 Å². The van der Waals surface area contributed by atoms with Crippen LogP contribution in [0.2, 0.25) is 0 Å². The third-order valence-corrected chi connectivity index (χ3v) is 3.97. The van der Waals surface area contributed by atoms with E-state index in [1.807, 2.05) is 13.1 Å². The molecule has 1 aliphatic rings. The summed E-state index contributed by atoms with van der Waals surface area (Å²) >= 11 is 0. The molecule has 1 aromatic heterocycles. The zero-order valence-electron chi connectivity index (χ0n) is 12.4. The van der Waals surface area contributed by atoms with Crippen molar-refractivity contribution < 1.29 is 4.79 Å². The molecule has 0 radical (unpaired) electrons. The summed E-state index contributed by atoms with van der Waals surface area (Å²) in [5, 5.41) is 5.91. The van der Waals surface area contributed by atoms with Gasteiger partial charge < -0.3 is 15.5 Å². The van der Waals surface area contributed by atoms with Crippen molar-refractivity contribution in [3.8, 4) is 0 Å². The molecular formula is C15H24N4O. The molecule has 1 atom stereocenters. The number of carbonyl (C=O) groups is 1. The first-order chi connectivity index (χ1) is 9.70. The minimum absolute atomic E-state index is 0.0429. The topological polar surface area (TPSA) is 57.3 Å². The summed E-state index contributed by atoms with van der Waals surface area (Å²) in [5.74, 6) is 0.726. The number of aromatic nitrogens is 1. The molecule has 0 spiro atoms. The Morgan fingerprint density at radius 2 is 2.30 bits per heavy atom. The lowest BCUT2D eigenvalue weighted by Gasteiger charge is -2.32. The lowest BCUT2D eigenvalue weighted by Crippen LogP contribution is -2.39. The third kappa shape index (κ3) is 3.93. The first-order valence-corrected chi connectivity index (χ1v) is 7.33. The van der Waals surface area contributed by atoms with Gasteiger partial charge in [-0.05, 0) is 45.0 Å². The molecular weight excluding hydrogens is 252 g/mol. The maximum Gasteiger partial charge on any atom is 0.252 e. The van der Waals surface area contributed by atoms with Crippen LogP contribution in [0.5, 0.6) is 0 Å². The second-order valence-electron chi connectivity index (χ2n) is 5.36. The number of pyridine rings is 1. The van der Waals surface area contributed by atoms with E-state index in [1.54, 1.807) is 12.3 Å². The van der Waals surface area contributed by atoms with Gasteiger partial charge in [-0.15, -0.1) is 0 Å². The van der Waals surface area contributed by atoms with E-state index < -0.39 is 0 Å². The van der Waals surface area contributed by atoms with E-state index in [0.29, 0.717) is 11.6 Å². The molecule has 0 unspecified atom stereocenters. The van der Waals surface area contributed by atoms with Gasteiger partial charge in [-0.2, -0.15) is 0 Å². The van der Waals surface area contributed by atoms with E-state index in [1.165, 1.54) is 25.8 Å². The van der Waals surface area contributed by atoms with E-state index in [9.17, 15) is 4.79 Å². The van der Waals surface area contributed by atoms with E-state index in [0.717, 1.165) is 18.8 Å². The molecule has 5 nitrogen and oxygen atoms in total. The smallest absolute Gasteiger partial charge is 0.252 e. The van der Waals surface area contributed by atoms with E-state index in [2.05, 4.69) is 27.6 Å². The Morgan fingerprint density at radius 3 is 2.95 bits per heavy atom. The Kier molecular flexibility index (Phi) is 5.35. The fourth-order valence-electron chi connectivity index (χ4n) is 2.64. The van der Waals surface area contributed by atoms with Crippen molar-refractivity contribution in [3.63, 3.8) is 0 Å². The van der Waals surface area contributed by atoms with Gasteiger partial charge in [-0.25, -0.2) is 4.98 Å². The van der Waals surface area contributed by atoms with Gasteiger partial charge in [0.1, 0.15) is 5.82 Å². The first kappa shape index (κ1) is 14.8. The number of anilines is 1. The Morgan fingerprint density at radius 1 is 1.45 bits per heavy atom. The molecule has 0 aliphatic carbocycles. The molecule has 20 heavy (non-hydrogen) atoms. The van der Waals surface area contributed by atoms with Crippen molar-refractivity contribution in [2.45, 2.75) is 31.7 Å². The van der Waals surface area contributed by atoms with Gasteiger partial charge in [-0.1, -0.05) is 6.42 Å². The Labute approximate surface area is 120 Å². The average Bonchev–Trinajstić information content (AvgIpc) is 2.49. The van der Waals surface area contributed by atoms with Crippen LogP contribution in [0, 0.1) is 0 Å². The SMILES string of the molecule is CNc1ccc(C(=O)NCC[C@H]2CCCCN2C)cn1. The number of likely N-dealkylation sites (tertiary alicyclic amines) is 1. The number of piperidine rings is 1. The number of amides is 1. The van der Waals surface area contributed by atoms with Crippen LogP contribution in [-0.2, 0) is 0 Å². The fraction of sp³-hybridized carbons (Fsp3) is 0.600. The van der Waals surface area contributed by atoms with Gasteiger partial charge >= 0.3 is 0 Å². The number of nitrogens with zero attached hydrogens (tertiary/aromatic N) is 2. The molecule has 0 aromatic carbocycles. The Bertz CT molecular complexity index is 432. The predicted octanol–water partition coefficient (Wildman–Crippen LogP) is 1.73. The van der Waals surface area contributed by atoms with Crippen molar-refractivity contribution >= 4 is 11.7 Å². The molecule has 1 aliphatic heterocycles. The highest BCUT2D eigenvalue weighted by molar-refractivity contribution is 5.94. The monoisotopic (exact) mass is 276 g/mol. The molecule has 5 heteroatoms. The van der Waals surface area contributed by atoms with Crippen molar-refractivity contribution in [1.29, 1.82) is 0 Å². The molecule has 1 amide bonds. The Hall–Kier alpha value is -1.62. The summed E-state index contributed by atoms with van der Waals surface area (Å²) in [6, 6.07) is 4.21. The maximum absolute atomic E-state index is 12.0. The van der Waals surface area contributed by atoms with Crippen LogP contribution in [0.1, 0.15) is 36.0 Å². The minimum Gasteiger partial charge on any atom is -0.373 e. The molecule has 2 N–H and O–H groups in total. The molecule has 1 saturated heterocycles. The lowest BCUT2D eigenvalue weighted by atomic mass is 10.0. The van der Waals surface area contributed by atoms with Crippen molar-refractivity contribution in [3.05, 3.63) is 23.9 Å². The quantitative estimate of drug-likeness (QED) is 0.860. The molecule has 0 bridgehead atoms. The highest BCUT2D eigenvalue weighted by Gasteiger charge is 2.18. The zero-order chi connectivity index (χ0) is 14.4. The normalized spacial score (nSPS) is 19.6. The summed E-state index contributed by atoms with van der Waals surface area (Å²) in [4.78, 5) is 18.5. The highest BCUT2D eigenvalue weighted by atomic mass is 16.1.